The minimum atomic E-state index is -1.37. The second-order valence-electron chi connectivity index (χ2n) is 10.0. The summed E-state index contributed by atoms with van der Waals surface area (Å²) in [6.45, 7) is 10.00. The molecule has 0 radical (unpaired) electrons. The van der Waals surface area contributed by atoms with Gasteiger partial charge in [-0.1, -0.05) is 25.1 Å². The van der Waals surface area contributed by atoms with Crippen molar-refractivity contribution in [2.45, 2.75) is 52.7 Å². The van der Waals surface area contributed by atoms with Crippen LogP contribution in [0.5, 0.6) is 17.2 Å². The molecule has 6 heteroatoms. The first kappa shape index (κ1) is 24.2. The van der Waals surface area contributed by atoms with E-state index in [4.69, 9.17) is 18.9 Å². The van der Waals surface area contributed by atoms with E-state index in [9.17, 15) is 9.90 Å². The Morgan fingerprint density at radius 2 is 1.75 bits per heavy atom. The second kappa shape index (κ2) is 8.86. The molecule has 0 bridgehead atoms. The van der Waals surface area contributed by atoms with Gasteiger partial charge in [0.25, 0.3) is 0 Å². The van der Waals surface area contributed by atoms with E-state index in [1.54, 1.807) is 38.3 Å². The van der Waals surface area contributed by atoms with Gasteiger partial charge in [0.2, 0.25) is 6.79 Å². The second-order valence-corrected chi connectivity index (χ2v) is 10.0. The normalized spacial score (nSPS) is 22.2. The van der Waals surface area contributed by atoms with Gasteiger partial charge in [0, 0.05) is 11.1 Å². The molecule has 1 aliphatic carbocycles. The zero-order valence-corrected chi connectivity index (χ0v) is 21.6. The van der Waals surface area contributed by atoms with Crippen LogP contribution in [0.3, 0.4) is 0 Å². The summed E-state index contributed by atoms with van der Waals surface area (Å²) in [5, 5.41) is 12.0. The van der Waals surface area contributed by atoms with E-state index in [1.807, 2.05) is 45.9 Å². The average Bonchev–Trinajstić information content (AvgIpc) is 3.34. The van der Waals surface area contributed by atoms with Crippen LogP contribution < -0.4 is 14.2 Å². The number of fused-ring (bicyclic) bond motifs is 4. The van der Waals surface area contributed by atoms with Gasteiger partial charge in [-0.3, -0.25) is 0 Å². The predicted molar refractivity (Wildman–Crippen MR) is 137 cm³/mol. The van der Waals surface area contributed by atoms with Gasteiger partial charge in [-0.05, 0) is 92.1 Å². The maximum Gasteiger partial charge on any atom is 0.338 e. The quantitative estimate of drug-likeness (QED) is 0.466. The van der Waals surface area contributed by atoms with Crippen LogP contribution >= 0.6 is 0 Å². The van der Waals surface area contributed by atoms with Crippen molar-refractivity contribution in [1.29, 1.82) is 0 Å². The van der Waals surface area contributed by atoms with Crippen molar-refractivity contribution >= 4 is 5.97 Å². The molecule has 0 spiro atoms. The predicted octanol–water partition coefficient (Wildman–Crippen LogP) is 5.86. The summed E-state index contributed by atoms with van der Waals surface area (Å²) >= 11 is 0. The van der Waals surface area contributed by atoms with Gasteiger partial charge in [-0.25, -0.2) is 4.79 Å². The van der Waals surface area contributed by atoms with Crippen LogP contribution in [0.15, 0.2) is 42.5 Å². The summed E-state index contributed by atoms with van der Waals surface area (Å²) in [5.74, 6) is 1.39. The molecule has 0 saturated heterocycles. The molecule has 5 rings (SSSR count). The fourth-order valence-corrected chi connectivity index (χ4v) is 5.49. The molecule has 0 fully saturated rings. The molecule has 3 aromatic carbocycles. The topological polar surface area (TPSA) is 74.2 Å². The number of carbonyl (C=O) groups is 1. The standard InChI is InChI=1S/C30H32O6/c1-16-12-21-13-24-27(35-15-34-24)19(4)25(21)26-18(3)17(2)23(33-6)14-22(26)28(30(16,5)32)36-29(31)20-10-8-7-9-11-20/h7-11,13-14,16,28,32H,12,15H2,1-6H3/t16-,28-,30+/m0/s1. The van der Waals surface area contributed by atoms with E-state index in [1.165, 1.54) is 0 Å². The summed E-state index contributed by atoms with van der Waals surface area (Å²) in [5.41, 5.74) is 5.74. The van der Waals surface area contributed by atoms with E-state index in [0.717, 1.165) is 44.9 Å². The van der Waals surface area contributed by atoms with Gasteiger partial charge in [0.15, 0.2) is 17.6 Å². The third-order valence-electron chi connectivity index (χ3n) is 7.91. The third-order valence-corrected chi connectivity index (χ3v) is 7.91. The Labute approximate surface area is 211 Å². The highest BCUT2D eigenvalue weighted by atomic mass is 16.7. The molecule has 3 aromatic rings. The lowest BCUT2D eigenvalue weighted by Crippen LogP contribution is -2.44. The first-order valence-corrected chi connectivity index (χ1v) is 12.2. The molecule has 1 aliphatic heterocycles. The average molecular weight is 489 g/mol. The van der Waals surface area contributed by atoms with E-state index in [0.29, 0.717) is 23.3 Å². The number of benzene rings is 3. The minimum Gasteiger partial charge on any atom is -0.496 e. The highest BCUT2D eigenvalue weighted by molar-refractivity contribution is 5.90. The van der Waals surface area contributed by atoms with E-state index in [2.05, 4.69) is 0 Å². The molecule has 0 unspecified atom stereocenters. The van der Waals surface area contributed by atoms with Crippen molar-refractivity contribution in [2.75, 3.05) is 13.9 Å². The first-order valence-electron chi connectivity index (χ1n) is 12.2. The van der Waals surface area contributed by atoms with Crippen molar-refractivity contribution in [3.63, 3.8) is 0 Å². The molecule has 6 nitrogen and oxygen atoms in total. The molecule has 188 valence electrons. The maximum atomic E-state index is 13.3. The number of hydrogen-bond acceptors (Lipinski definition) is 6. The number of ether oxygens (including phenoxy) is 4. The summed E-state index contributed by atoms with van der Waals surface area (Å²) in [4.78, 5) is 13.3. The first-order chi connectivity index (χ1) is 17.1. The van der Waals surface area contributed by atoms with Gasteiger partial charge in [0.1, 0.15) is 11.4 Å². The van der Waals surface area contributed by atoms with E-state index >= 15 is 0 Å². The molecule has 0 aromatic heterocycles. The molecule has 1 heterocycles. The lowest BCUT2D eigenvalue weighted by atomic mass is 9.71. The SMILES string of the molecule is COc1cc2c(c(C)c1C)-c1c(cc3c(c1C)OCO3)C[C@H](C)[C@@](C)(O)[C@H]2OC(=O)c1ccccc1. The van der Waals surface area contributed by atoms with Crippen LogP contribution in [0, 0.1) is 26.7 Å². The van der Waals surface area contributed by atoms with E-state index < -0.39 is 17.7 Å². The Hall–Kier alpha value is -3.51. The zero-order chi connectivity index (χ0) is 25.8. The van der Waals surface area contributed by atoms with E-state index in [-0.39, 0.29) is 12.7 Å². The largest absolute Gasteiger partial charge is 0.496 e. The van der Waals surface area contributed by atoms with Crippen LogP contribution in [0.1, 0.15) is 58.1 Å². The van der Waals surface area contributed by atoms with Crippen LogP contribution in [0.4, 0.5) is 0 Å². The molecule has 0 saturated carbocycles. The van der Waals surface area contributed by atoms with Crippen LogP contribution in [0.25, 0.3) is 11.1 Å². The fourth-order valence-electron chi connectivity index (χ4n) is 5.49. The smallest absolute Gasteiger partial charge is 0.338 e. The Morgan fingerprint density at radius 1 is 1.03 bits per heavy atom. The Morgan fingerprint density at radius 3 is 2.44 bits per heavy atom. The zero-order valence-electron chi connectivity index (χ0n) is 21.6. The van der Waals surface area contributed by atoms with Crippen LogP contribution in [-0.2, 0) is 11.2 Å². The van der Waals surface area contributed by atoms with Gasteiger partial charge >= 0.3 is 5.97 Å². The molecule has 3 atom stereocenters. The number of rotatable bonds is 3. The molecule has 1 N–H and O–H groups in total. The van der Waals surface area contributed by atoms with Gasteiger partial charge in [-0.2, -0.15) is 0 Å². The van der Waals surface area contributed by atoms with Gasteiger partial charge in [-0.15, -0.1) is 0 Å². The summed E-state index contributed by atoms with van der Waals surface area (Å²) in [6, 6.07) is 12.8. The number of carbonyl (C=O) groups excluding carboxylic acids is 1. The fraction of sp³-hybridized carbons (Fsp3) is 0.367. The maximum absolute atomic E-state index is 13.3. The number of methoxy groups -OCH3 is 1. The Balaban J connectivity index is 1.80. The van der Waals surface area contributed by atoms with Crippen molar-refractivity contribution in [1.82, 2.24) is 0 Å². The van der Waals surface area contributed by atoms with Crippen molar-refractivity contribution in [3.05, 3.63) is 75.8 Å². The van der Waals surface area contributed by atoms with Gasteiger partial charge < -0.3 is 24.1 Å². The summed E-state index contributed by atoms with van der Waals surface area (Å²) < 4.78 is 23.5. The van der Waals surface area contributed by atoms with Crippen LogP contribution in [-0.4, -0.2) is 30.6 Å². The van der Waals surface area contributed by atoms with Crippen molar-refractivity contribution in [3.8, 4) is 28.4 Å². The summed E-state index contributed by atoms with van der Waals surface area (Å²) in [6.07, 6.45) is -0.357. The highest BCUT2D eigenvalue weighted by Gasteiger charge is 2.45. The van der Waals surface area contributed by atoms with Crippen molar-refractivity contribution < 1.29 is 28.8 Å². The number of hydrogen-bond donors (Lipinski definition) is 1. The van der Waals surface area contributed by atoms with Crippen molar-refractivity contribution in [2.24, 2.45) is 5.92 Å². The Bertz CT molecular complexity index is 1340. The molecule has 2 aliphatic rings. The molecular weight excluding hydrogens is 456 g/mol. The van der Waals surface area contributed by atoms with Gasteiger partial charge in [0.05, 0.1) is 12.7 Å². The lowest BCUT2D eigenvalue weighted by molar-refractivity contribution is -0.107. The Kier molecular flexibility index (Phi) is 5.95. The number of aliphatic hydroxyl groups is 1. The minimum absolute atomic E-state index is 0.178. The third kappa shape index (κ3) is 3.71. The van der Waals surface area contributed by atoms with Crippen LogP contribution in [0.2, 0.25) is 0 Å². The monoisotopic (exact) mass is 488 g/mol. The molecule has 0 amide bonds. The molecule has 36 heavy (non-hydrogen) atoms. The highest BCUT2D eigenvalue weighted by Crippen LogP contribution is 2.52. The summed E-state index contributed by atoms with van der Waals surface area (Å²) in [7, 11) is 1.63. The lowest BCUT2D eigenvalue weighted by Gasteiger charge is -2.41. The molecular formula is C30H32O6. The number of esters is 1.